The third-order valence-corrected chi connectivity index (χ3v) is 1.51. The summed E-state index contributed by atoms with van der Waals surface area (Å²) in [5.74, 6) is -5.27. The molecule has 1 aliphatic rings. The summed E-state index contributed by atoms with van der Waals surface area (Å²) in [7, 11) is 0.758. The number of amides is 1. The number of hydrogen-bond donors (Lipinski definition) is 0. The number of carbonyl (C=O) groups is 1. The van der Waals surface area contributed by atoms with E-state index in [4.69, 9.17) is 25.9 Å². The molecule has 0 unspecified atom stereocenters. The topological polar surface area (TPSA) is 48.0 Å². The lowest BCUT2D eigenvalue weighted by Crippen LogP contribution is -2.47. The van der Waals surface area contributed by atoms with Crippen LogP contribution >= 0.6 is 0 Å². The monoisotopic (exact) mass is 227 g/mol. The second-order valence-corrected chi connectivity index (χ2v) is 2.62. The van der Waals surface area contributed by atoms with Crippen LogP contribution in [0, 0.1) is 0 Å². The van der Waals surface area contributed by atoms with Crippen LogP contribution < -0.4 is 0 Å². The molecule has 0 aromatic heterocycles. The van der Waals surface area contributed by atoms with E-state index in [2.05, 4.69) is 4.84 Å². The predicted octanol–water partition coefficient (Wildman–Crippen LogP) is 0.548. The molecule has 1 rings (SSSR count). The summed E-state index contributed by atoms with van der Waals surface area (Å²) < 4.78 is 98.3. The summed E-state index contributed by atoms with van der Waals surface area (Å²) in [5, 5.41) is -0.308. The molecule has 0 spiro atoms. The highest BCUT2D eigenvalue weighted by molar-refractivity contribution is 5.84. The minimum absolute atomic E-state index is 0.308. The largest absolute Gasteiger partial charge is 0.347 e. The summed E-state index contributed by atoms with van der Waals surface area (Å²) in [4.78, 5) is 17.0. The quantitative estimate of drug-likeness (QED) is 0.646. The number of likely N-dealkylation sites (N-methyl/N-ethyl adjacent to an activating group) is 1. The van der Waals surface area contributed by atoms with Crippen molar-refractivity contribution < 1.29 is 35.6 Å². The van der Waals surface area contributed by atoms with Crippen LogP contribution in [0.25, 0.3) is 0 Å². The molecule has 1 atom stereocenters. The number of ether oxygens (including phenoxy) is 2. The van der Waals surface area contributed by atoms with Crippen LogP contribution in [0.5, 0.6) is 0 Å². The van der Waals surface area contributed by atoms with Gasteiger partial charge in [0, 0.05) is 23.4 Å². The predicted molar refractivity (Wildman–Crippen MR) is 49.3 cm³/mol. The van der Waals surface area contributed by atoms with Gasteiger partial charge in [0.2, 0.25) is 0 Å². The smallest absolute Gasteiger partial charge is 0.280 e. The molecule has 0 radical (unpaired) electrons. The lowest BCUT2D eigenvalue weighted by Gasteiger charge is -2.27. The van der Waals surface area contributed by atoms with Crippen molar-refractivity contribution in [2.75, 3.05) is 20.7 Å². The molecule has 5 heteroatoms. The Morgan fingerprint density at radius 1 is 1.57 bits per heavy atom. The molecular weight excluding hydrogens is 186 g/mol. The van der Waals surface area contributed by atoms with Gasteiger partial charge in [0.1, 0.15) is 0 Å². The second kappa shape index (κ2) is 3.49. The zero-order valence-electron chi connectivity index (χ0n) is 19.3. The van der Waals surface area contributed by atoms with E-state index in [-0.39, 0.29) is 5.06 Å². The first-order chi connectivity index (χ1) is 11.3. The highest BCUT2D eigenvalue weighted by Gasteiger charge is 2.48. The fourth-order valence-electron chi connectivity index (χ4n) is 0.860. The Hall–Kier alpha value is -0.650. The van der Waals surface area contributed by atoms with Crippen molar-refractivity contribution in [1.82, 2.24) is 5.06 Å². The Bertz CT molecular complexity index is 535. The molecule has 0 aromatic carbocycles. The Morgan fingerprint density at radius 3 is 2.79 bits per heavy atom. The van der Waals surface area contributed by atoms with Crippen molar-refractivity contribution in [3.63, 3.8) is 0 Å². The summed E-state index contributed by atoms with van der Waals surface area (Å²) in [5.41, 5.74) is -3.22. The molecule has 0 N–H and O–H groups in total. The van der Waals surface area contributed by atoms with Crippen LogP contribution in [0.2, 0.25) is 0 Å². The van der Waals surface area contributed by atoms with Crippen molar-refractivity contribution in [2.45, 2.75) is 31.9 Å². The molecule has 1 amide bonds. The zero-order valence-corrected chi connectivity index (χ0v) is 7.29. The normalized spacial score (nSPS) is 46.6. The van der Waals surface area contributed by atoms with Gasteiger partial charge in [-0.1, -0.05) is 0 Å². The van der Waals surface area contributed by atoms with E-state index >= 15 is 0 Å². The number of hydrogen-bond acceptors (Lipinski definition) is 4. The number of nitrogens with zero attached hydrogens (tertiary/aromatic N) is 1. The van der Waals surface area contributed by atoms with Crippen molar-refractivity contribution in [1.29, 1.82) is 0 Å². The summed E-state index contributed by atoms with van der Waals surface area (Å²) in [6.07, 6.45) is 0. The first kappa shape index (κ1) is 3.17. The van der Waals surface area contributed by atoms with Gasteiger partial charge in [-0.05, 0) is 20.6 Å². The van der Waals surface area contributed by atoms with Crippen molar-refractivity contribution in [2.24, 2.45) is 0 Å². The van der Waals surface area contributed by atoms with Gasteiger partial charge in [-0.2, -0.15) is 0 Å². The average molecular weight is 227 g/mol. The molecular formula is C9H17NO4. The SMILES string of the molecule is [3H]C([3H])([3H])N(OC)C(=O)[C@@]1(C([3H])([3H])[3H])COC(C([3H])([3H])[3H])(C([3H])([3H])[3H])O1. The standard InChI is InChI=1S/C9H17NO4/c1-8(2)13-6-9(3,14-8)7(11)10(4)12-5/h6H2,1-5H3/t9-/m1/s1/i1T3,2T3,3T3,4T3. The Morgan fingerprint density at radius 2 is 2.36 bits per heavy atom. The van der Waals surface area contributed by atoms with E-state index in [1.54, 1.807) is 0 Å². The lowest BCUT2D eigenvalue weighted by molar-refractivity contribution is -0.202. The molecule has 0 saturated carbocycles. The minimum Gasteiger partial charge on any atom is -0.347 e. The lowest BCUT2D eigenvalue weighted by atomic mass is 10.1. The third-order valence-electron chi connectivity index (χ3n) is 1.51. The first-order valence-electron chi connectivity index (χ1n) is 9.50. The van der Waals surface area contributed by atoms with Crippen LogP contribution in [0.1, 0.15) is 37.0 Å². The van der Waals surface area contributed by atoms with Gasteiger partial charge in [0.05, 0.1) is 13.7 Å². The Kier molecular flexibility index (Phi) is 0.790. The van der Waals surface area contributed by atoms with E-state index < -0.39 is 51.4 Å². The van der Waals surface area contributed by atoms with Gasteiger partial charge in [-0.15, -0.1) is 0 Å². The molecule has 82 valence electrons. The van der Waals surface area contributed by atoms with Gasteiger partial charge in [0.25, 0.3) is 5.91 Å². The molecule has 0 aliphatic carbocycles. The van der Waals surface area contributed by atoms with Crippen molar-refractivity contribution in [3.05, 3.63) is 0 Å². The van der Waals surface area contributed by atoms with Crippen LogP contribution in [-0.2, 0) is 19.1 Å². The average Bonchev–Trinajstić information content (AvgIpc) is 2.78. The highest BCUT2D eigenvalue weighted by atomic mass is 16.8. The molecule has 1 saturated heterocycles. The number of hydroxylamine groups is 2. The Balaban J connectivity index is 3.59. The fourth-order valence-corrected chi connectivity index (χ4v) is 0.860. The van der Waals surface area contributed by atoms with Crippen molar-refractivity contribution in [3.8, 4) is 0 Å². The maximum Gasteiger partial charge on any atom is 0.280 e. The third kappa shape index (κ3) is 2.05. The summed E-state index contributed by atoms with van der Waals surface area (Å²) in [6.45, 7) is -15.1. The van der Waals surface area contributed by atoms with Crippen LogP contribution in [-0.4, -0.2) is 43.1 Å². The van der Waals surface area contributed by atoms with Crippen molar-refractivity contribution >= 4 is 5.91 Å². The van der Waals surface area contributed by atoms with E-state index in [0.29, 0.717) is 0 Å². The molecule has 0 aromatic rings. The van der Waals surface area contributed by atoms with Gasteiger partial charge in [0.15, 0.2) is 11.4 Å². The molecule has 0 bridgehead atoms. The van der Waals surface area contributed by atoms with Gasteiger partial charge < -0.3 is 9.47 Å². The second-order valence-electron chi connectivity index (χ2n) is 2.62. The van der Waals surface area contributed by atoms with Gasteiger partial charge in [-0.3, -0.25) is 9.63 Å². The molecule has 5 nitrogen and oxygen atoms in total. The van der Waals surface area contributed by atoms with Gasteiger partial charge >= 0.3 is 0 Å². The first-order valence-corrected chi connectivity index (χ1v) is 3.50. The van der Waals surface area contributed by atoms with E-state index in [0.717, 1.165) is 7.11 Å². The summed E-state index contributed by atoms with van der Waals surface area (Å²) in [6, 6.07) is 0. The minimum atomic E-state index is -3.52. The zero-order chi connectivity index (χ0) is 21.0. The fraction of sp³-hybridized carbons (Fsp3) is 0.889. The number of carbonyl (C=O) groups excluding carboxylic acids is 1. The van der Waals surface area contributed by atoms with E-state index in [9.17, 15) is 4.79 Å². The molecule has 14 heavy (non-hydrogen) atoms. The molecule has 1 aliphatic heterocycles. The maximum absolute atomic E-state index is 12.6. The highest BCUT2D eigenvalue weighted by Crippen LogP contribution is 2.31. The Labute approximate surface area is 101 Å². The number of rotatable bonds is 2. The molecule has 1 fully saturated rings. The van der Waals surface area contributed by atoms with Crippen LogP contribution in [0.15, 0.2) is 0 Å². The summed E-state index contributed by atoms with van der Waals surface area (Å²) >= 11 is 0. The van der Waals surface area contributed by atoms with Gasteiger partial charge in [-0.25, -0.2) is 5.06 Å². The van der Waals surface area contributed by atoms with E-state index in [1.807, 2.05) is 0 Å². The van der Waals surface area contributed by atoms with E-state index in [1.165, 1.54) is 0 Å². The van der Waals surface area contributed by atoms with Crippen LogP contribution in [0.3, 0.4) is 0 Å². The van der Waals surface area contributed by atoms with Crippen LogP contribution in [0.4, 0.5) is 0 Å². The maximum atomic E-state index is 12.6. The molecule has 1 heterocycles.